The normalized spacial score (nSPS) is 11.9. The van der Waals surface area contributed by atoms with Crippen LogP contribution in [0.25, 0.3) is 88.9 Å². The van der Waals surface area contributed by atoms with Crippen molar-refractivity contribution in [3.05, 3.63) is 200 Å². The Morgan fingerprint density at radius 1 is 0.500 bits per heavy atom. The SMILES string of the molecule is C=C/C=C\C(=C/C)c1nc(-c2ccccc2)nc(-c2ccc(-c3ccc4ccc(-c5ccc(-n6c7ccccc7c7ccccc76)cc5)cc4c3)cc2)n1. The molecule has 2 heterocycles. The molecular formula is C50H36N4. The van der Waals surface area contributed by atoms with Crippen LogP contribution in [0.1, 0.15) is 12.7 Å². The number of nitrogens with zero attached hydrogens (tertiary/aromatic N) is 4. The van der Waals surface area contributed by atoms with Gasteiger partial charge < -0.3 is 4.57 Å². The molecule has 9 rings (SSSR count). The minimum Gasteiger partial charge on any atom is -0.309 e. The van der Waals surface area contributed by atoms with Gasteiger partial charge in [-0.25, -0.2) is 15.0 Å². The monoisotopic (exact) mass is 692 g/mol. The highest BCUT2D eigenvalue weighted by molar-refractivity contribution is 6.09. The van der Waals surface area contributed by atoms with Gasteiger partial charge in [0, 0.05) is 33.2 Å². The van der Waals surface area contributed by atoms with Gasteiger partial charge in [0.1, 0.15) is 0 Å². The first-order valence-corrected chi connectivity index (χ1v) is 18.2. The number of allylic oxidation sites excluding steroid dienone is 5. The van der Waals surface area contributed by atoms with Gasteiger partial charge in [-0.15, -0.1) is 0 Å². The standard InChI is InChI=1S/C50H36N4/c1-3-5-13-34(4-2)48-51-49(38-14-7-6-8-15-38)53-50(52-48)39-24-20-35(21-25-39)40-26-22-37-23-27-41(33-42(37)32-40)36-28-30-43(31-29-36)54-46-18-11-9-16-44(46)45-17-10-12-19-47(45)54/h3-33H,1H2,2H3/b13-5-,34-4+. The van der Waals surface area contributed by atoms with Gasteiger partial charge in [-0.1, -0.05) is 158 Å². The van der Waals surface area contributed by atoms with Crippen LogP contribution in [0.15, 0.2) is 195 Å². The minimum atomic E-state index is 0.621. The summed E-state index contributed by atoms with van der Waals surface area (Å²) in [5.41, 5.74) is 11.0. The second kappa shape index (κ2) is 14.1. The number of benzene rings is 7. The largest absolute Gasteiger partial charge is 0.309 e. The Bertz CT molecular complexity index is 2830. The second-order valence-electron chi connectivity index (χ2n) is 13.3. The molecule has 0 N–H and O–H groups in total. The van der Waals surface area contributed by atoms with Gasteiger partial charge in [0.25, 0.3) is 0 Å². The van der Waals surface area contributed by atoms with E-state index in [1.165, 1.54) is 43.7 Å². The van der Waals surface area contributed by atoms with E-state index in [-0.39, 0.29) is 0 Å². The van der Waals surface area contributed by atoms with Crippen molar-refractivity contribution in [3.63, 3.8) is 0 Å². The number of hydrogen-bond donors (Lipinski definition) is 0. The molecule has 7 aromatic carbocycles. The molecule has 0 unspecified atom stereocenters. The van der Waals surface area contributed by atoms with Crippen molar-refractivity contribution >= 4 is 38.2 Å². The summed E-state index contributed by atoms with van der Waals surface area (Å²) in [7, 11) is 0. The zero-order valence-electron chi connectivity index (χ0n) is 29.9. The van der Waals surface area contributed by atoms with Gasteiger partial charge in [0.15, 0.2) is 17.5 Å². The van der Waals surface area contributed by atoms with E-state index in [1.54, 1.807) is 6.08 Å². The zero-order valence-corrected chi connectivity index (χ0v) is 29.9. The number of fused-ring (bicyclic) bond motifs is 4. The number of aromatic nitrogens is 4. The molecule has 4 heteroatoms. The third kappa shape index (κ3) is 6.10. The Morgan fingerprint density at radius 3 is 1.57 bits per heavy atom. The van der Waals surface area contributed by atoms with E-state index in [9.17, 15) is 0 Å². The maximum Gasteiger partial charge on any atom is 0.164 e. The Balaban J connectivity index is 1.02. The lowest BCUT2D eigenvalue weighted by Crippen LogP contribution is -2.02. The Morgan fingerprint density at radius 2 is 1.00 bits per heavy atom. The lowest BCUT2D eigenvalue weighted by molar-refractivity contribution is 1.04. The summed E-state index contributed by atoms with van der Waals surface area (Å²) in [4.78, 5) is 14.6. The predicted molar refractivity (Wildman–Crippen MR) is 226 cm³/mol. The zero-order chi connectivity index (χ0) is 36.4. The Hall–Kier alpha value is -7.17. The van der Waals surface area contributed by atoms with Crippen molar-refractivity contribution in [1.29, 1.82) is 0 Å². The maximum absolute atomic E-state index is 4.90. The van der Waals surface area contributed by atoms with Crippen LogP contribution in [0.5, 0.6) is 0 Å². The van der Waals surface area contributed by atoms with Gasteiger partial charge in [-0.3, -0.25) is 0 Å². The first-order valence-electron chi connectivity index (χ1n) is 18.2. The van der Waals surface area contributed by atoms with E-state index < -0.39 is 0 Å². The quantitative estimate of drug-likeness (QED) is 0.149. The summed E-state index contributed by atoms with van der Waals surface area (Å²) in [5, 5.41) is 4.94. The molecule has 9 aromatic rings. The molecule has 256 valence electrons. The van der Waals surface area contributed by atoms with Crippen molar-refractivity contribution in [3.8, 4) is 50.7 Å². The molecule has 2 aromatic heterocycles. The first kappa shape index (κ1) is 32.7. The third-order valence-electron chi connectivity index (χ3n) is 10.0. The number of para-hydroxylation sites is 2. The van der Waals surface area contributed by atoms with Crippen LogP contribution in [0.3, 0.4) is 0 Å². The van der Waals surface area contributed by atoms with Crippen LogP contribution in [0, 0.1) is 0 Å². The van der Waals surface area contributed by atoms with Gasteiger partial charge in [-0.05, 0) is 76.3 Å². The molecule has 0 saturated carbocycles. The number of rotatable bonds is 8. The van der Waals surface area contributed by atoms with Crippen molar-refractivity contribution < 1.29 is 0 Å². The molecule has 0 spiro atoms. The smallest absolute Gasteiger partial charge is 0.164 e. The van der Waals surface area contributed by atoms with Gasteiger partial charge >= 0.3 is 0 Å². The second-order valence-corrected chi connectivity index (χ2v) is 13.3. The molecule has 0 bridgehead atoms. The van der Waals surface area contributed by atoms with Gasteiger partial charge in [0.05, 0.1) is 11.0 Å². The molecule has 0 saturated heterocycles. The molecule has 0 fully saturated rings. The van der Waals surface area contributed by atoms with E-state index in [2.05, 4.69) is 145 Å². The summed E-state index contributed by atoms with van der Waals surface area (Å²) in [6, 6.07) is 58.1. The first-order chi connectivity index (χ1) is 26.7. The van der Waals surface area contributed by atoms with Crippen molar-refractivity contribution in [2.24, 2.45) is 0 Å². The Labute approximate surface area is 314 Å². The predicted octanol–water partition coefficient (Wildman–Crippen LogP) is 12.9. The molecule has 0 amide bonds. The topological polar surface area (TPSA) is 43.6 Å². The van der Waals surface area contributed by atoms with Crippen molar-refractivity contribution in [1.82, 2.24) is 19.5 Å². The Kier molecular flexibility index (Phi) is 8.54. The summed E-state index contributed by atoms with van der Waals surface area (Å²) in [6.45, 7) is 5.80. The van der Waals surface area contributed by atoms with Crippen molar-refractivity contribution in [2.75, 3.05) is 0 Å². The van der Waals surface area contributed by atoms with Crippen LogP contribution in [-0.2, 0) is 0 Å². The van der Waals surface area contributed by atoms with Gasteiger partial charge in [0.2, 0.25) is 0 Å². The van der Waals surface area contributed by atoms with Crippen LogP contribution < -0.4 is 0 Å². The lowest BCUT2D eigenvalue weighted by atomic mass is 9.97. The highest BCUT2D eigenvalue weighted by Crippen LogP contribution is 2.34. The van der Waals surface area contributed by atoms with Crippen LogP contribution in [-0.4, -0.2) is 19.5 Å². The number of hydrogen-bond acceptors (Lipinski definition) is 3. The molecule has 0 radical (unpaired) electrons. The fraction of sp³-hybridized carbons (Fsp3) is 0.0200. The third-order valence-corrected chi connectivity index (χ3v) is 10.0. The van der Waals surface area contributed by atoms with E-state index >= 15 is 0 Å². The molecule has 0 atom stereocenters. The fourth-order valence-electron chi connectivity index (χ4n) is 7.24. The van der Waals surface area contributed by atoms with Gasteiger partial charge in [-0.2, -0.15) is 0 Å². The molecule has 54 heavy (non-hydrogen) atoms. The van der Waals surface area contributed by atoms with Crippen LogP contribution in [0.4, 0.5) is 0 Å². The fourth-order valence-corrected chi connectivity index (χ4v) is 7.24. The molecular weight excluding hydrogens is 657 g/mol. The lowest BCUT2D eigenvalue weighted by Gasteiger charge is -2.11. The average molecular weight is 693 g/mol. The highest BCUT2D eigenvalue weighted by atomic mass is 15.0. The van der Waals surface area contributed by atoms with Crippen LogP contribution in [0.2, 0.25) is 0 Å². The van der Waals surface area contributed by atoms with E-state index in [4.69, 9.17) is 15.0 Å². The molecule has 0 aliphatic heterocycles. The van der Waals surface area contributed by atoms with Crippen LogP contribution >= 0.6 is 0 Å². The van der Waals surface area contributed by atoms with Crippen molar-refractivity contribution in [2.45, 2.75) is 6.92 Å². The van der Waals surface area contributed by atoms with E-state index in [0.717, 1.165) is 33.5 Å². The molecule has 0 aliphatic rings. The van der Waals surface area contributed by atoms with E-state index in [0.29, 0.717) is 17.5 Å². The molecule has 4 nitrogen and oxygen atoms in total. The summed E-state index contributed by atoms with van der Waals surface area (Å²) < 4.78 is 2.36. The average Bonchev–Trinajstić information content (AvgIpc) is 3.58. The summed E-state index contributed by atoms with van der Waals surface area (Å²) in [5.74, 6) is 1.89. The highest BCUT2D eigenvalue weighted by Gasteiger charge is 2.14. The van der Waals surface area contributed by atoms with E-state index in [1.807, 2.05) is 55.5 Å². The summed E-state index contributed by atoms with van der Waals surface area (Å²) >= 11 is 0. The maximum atomic E-state index is 4.90. The molecule has 0 aliphatic carbocycles. The summed E-state index contributed by atoms with van der Waals surface area (Å²) in [6.07, 6.45) is 7.62. The minimum absolute atomic E-state index is 0.621.